The molecule has 0 saturated heterocycles. The van der Waals surface area contributed by atoms with Crippen molar-refractivity contribution in [3.63, 3.8) is 0 Å². The van der Waals surface area contributed by atoms with Crippen LogP contribution in [0.1, 0.15) is 0 Å². The second-order valence-electron chi connectivity index (χ2n) is 7.94. The zero-order chi connectivity index (χ0) is 18.9. The summed E-state index contributed by atoms with van der Waals surface area (Å²) in [6, 6.07) is 35.6. The summed E-state index contributed by atoms with van der Waals surface area (Å²) in [5.74, 6) is 0. The molecule has 1 heterocycles. The van der Waals surface area contributed by atoms with Crippen LogP contribution in [0.5, 0.6) is 0 Å². The molecule has 0 radical (unpaired) electrons. The molecule has 1 unspecified atom stereocenters. The molecular formula is C25H25PSi. The minimum atomic E-state index is -1.50. The molecule has 0 fully saturated rings. The van der Waals surface area contributed by atoms with Gasteiger partial charge in [-0.05, 0) is 27.7 Å². The highest BCUT2D eigenvalue weighted by molar-refractivity contribution is 7.64. The van der Waals surface area contributed by atoms with Crippen LogP contribution in [-0.2, 0) is 0 Å². The predicted octanol–water partition coefficient (Wildman–Crippen LogP) is 7.54. The van der Waals surface area contributed by atoms with Gasteiger partial charge in [-0.1, -0.05) is 118 Å². The van der Waals surface area contributed by atoms with Gasteiger partial charge in [-0.2, -0.15) is 0 Å². The standard InChI is InChI=1S/C25H25PSi/c1-27(2,3)24-19-23(20-13-7-4-8-14-20)26(22-17-11-6-12-18-22)25(24)21-15-9-5-10-16-21/h4-19H,1-3H3. The number of hydrogen-bond acceptors (Lipinski definition) is 0. The first kappa shape index (κ1) is 18.0. The van der Waals surface area contributed by atoms with Crippen molar-refractivity contribution in [2.24, 2.45) is 0 Å². The Morgan fingerprint density at radius 1 is 0.593 bits per heavy atom. The van der Waals surface area contributed by atoms with Crippen molar-refractivity contribution < 1.29 is 0 Å². The number of hydrogen-bond donors (Lipinski definition) is 0. The lowest BCUT2D eigenvalue weighted by Crippen LogP contribution is -2.37. The van der Waals surface area contributed by atoms with E-state index in [0.29, 0.717) is 0 Å². The van der Waals surface area contributed by atoms with Crippen LogP contribution in [-0.4, -0.2) is 8.07 Å². The molecule has 0 aliphatic heterocycles. The van der Waals surface area contributed by atoms with Gasteiger partial charge in [-0.15, -0.1) is 0 Å². The summed E-state index contributed by atoms with van der Waals surface area (Å²) in [5.41, 5.74) is 2.74. The number of benzene rings is 3. The molecular weight excluding hydrogens is 359 g/mol. The van der Waals surface area contributed by atoms with Crippen LogP contribution in [0.15, 0.2) is 97.1 Å². The molecule has 4 rings (SSSR count). The van der Waals surface area contributed by atoms with Gasteiger partial charge in [-0.3, -0.25) is 0 Å². The first-order valence-corrected chi connectivity index (χ1v) is 14.3. The zero-order valence-electron chi connectivity index (χ0n) is 16.2. The third-order valence-electron chi connectivity index (χ3n) is 4.94. The van der Waals surface area contributed by atoms with Crippen molar-refractivity contribution in [2.75, 3.05) is 0 Å². The van der Waals surface area contributed by atoms with Gasteiger partial charge in [0.25, 0.3) is 0 Å². The van der Waals surface area contributed by atoms with E-state index in [0.717, 1.165) is 0 Å². The van der Waals surface area contributed by atoms with Crippen LogP contribution < -0.4 is 5.19 Å². The Bertz CT molecular complexity index is 1030. The quantitative estimate of drug-likeness (QED) is 0.319. The van der Waals surface area contributed by atoms with Crippen LogP contribution in [0, 0.1) is 0 Å². The first-order valence-electron chi connectivity index (χ1n) is 9.48. The van der Waals surface area contributed by atoms with Crippen molar-refractivity contribution in [2.45, 2.75) is 19.6 Å². The lowest BCUT2D eigenvalue weighted by molar-refractivity contribution is 1.68. The van der Waals surface area contributed by atoms with Gasteiger partial charge in [0.15, 0.2) is 0 Å². The molecule has 0 aliphatic rings. The van der Waals surface area contributed by atoms with Gasteiger partial charge in [-0.25, -0.2) is 0 Å². The lowest BCUT2D eigenvalue weighted by Gasteiger charge is -2.19. The molecule has 27 heavy (non-hydrogen) atoms. The van der Waals surface area contributed by atoms with E-state index < -0.39 is 15.6 Å². The van der Waals surface area contributed by atoms with Crippen LogP contribution in [0.4, 0.5) is 0 Å². The van der Waals surface area contributed by atoms with Gasteiger partial charge in [0, 0.05) is 10.6 Å². The smallest absolute Gasteiger partial charge is 0.0774 e. The number of rotatable bonds is 4. The summed E-state index contributed by atoms with van der Waals surface area (Å²) < 4.78 is 0. The SMILES string of the molecule is C[Si](C)(C)c1cc(-c2ccccc2)p(-c2ccccc2)c1-c1ccccc1. The van der Waals surface area contributed by atoms with Crippen molar-refractivity contribution in [1.82, 2.24) is 0 Å². The van der Waals surface area contributed by atoms with Crippen molar-refractivity contribution in [3.05, 3.63) is 97.1 Å². The van der Waals surface area contributed by atoms with Gasteiger partial charge in [0.2, 0.25) is 0 Å². The van der Waals surface area contributed by atoms with Crippen LogP contribution >= 0.6 is 7.53 Å². The molecule has 2 heteroatoms. The summed E-state index contributed by atoms with van der Waals surface area (Å²) in [6.07, 6.45) is 0. The largest absolute Gasteiger partial charge is 0.0789 e. The molecule has 3 aromatic carbocycles. The maximum absolute atomic E-state index is 2.53. The Balaban J connectivity index is 2.11. The summed E-state index contributed by atoms with van der Waals surface area (Å²) in [7, 11) is -2.05. The Labute approximate surface area is 164 Å². The third-order valence-corrected chi connectivity index (χ3v) is 9.79. The van der Waals surface area contributed by atoms with Gasteiger partial charge in [0.05, 0.1) is 8.07 Å². The molecule has 0 N–H and O–H groups in total. The third kappa shape index (κ3) is 3.58. The Morgan fingerprint density at radius 2 is 1.07 bits per heavy atom. The average Bonchev–Trinajstić information content (AvgIpc) is 3.11. The van der Waals surface area contributed by atoms with E-state index in [1.165, 1.54) is 21.7 Å². The molecule has 0 aliphatic carbocycles. The second-order valence-corrected chi connectivity index (χ2v) is 15.1. The van der Waals surface area contributed by atoms with E-state index in [4.69, 9.17) is 0 Å². The molecule has 134 valence electrons. The van der Waals surface area contributed by atoms with Crippen LogP contribution in [0.3, 0.4) is 0 Å². The van der Waals surface area contributed by atoms with Gasteiger partial charge >= 0.3 is 0 Å². The molecule has 0 nitrogen and oxygen atoms in total. The van der Waals surface area contributed by atoms with E-state index in [1.807, 2.05) is 0 Å². The fraction of sp³-hybridized carbons (Fsp3) is 0.120. The highest BCUT2D eigenvalue weighted by Crippen LogP contribution is 2.56. The van der Waals surface area contributed by atoms with E-state index in [1.54, 1.807) is 10.5 Å². The summed E-state index contributed by atoms with van der Waals surface area (Å²) in [4.78, 5) is 0. The topological polar surface area (TPSA) is 0 Å². The van der Waals surface area contributed by atoms with Gasteiger partial charge < -0.3 is 0 Å². The molecule has 4 aromatic rings. The van der Waals surface area contributed by atoms with E-state index >= 15 is 0 Å². The summed E-state index contributed by atoms with van der Waals surface area (Å²) in [6.45, 7) is 7.40. The Morgan fingerprint density at radius 3 is 1.59 bits per heavy atom. The normalized spacial score (nSPS) is 12.2. The molecule has 1 atom stereocenters. The van der Waals surface area contributed by atoms with Gasteiger partial charge in [0.1, 0.15) is 0 Å². The van der Waals surface area contributed by atoms with Crippen LogP contribution in [0.25, 0.3) is 27.0 Å². The van der Waals surface area contributed by atoms with Crippen molar-refractivity contribution in [1.29, 1.82) is 0 Å². The highest BCUT2D eigenvalue weighted by atomic mass is 31.1. The molecule has 1 aromatic heterocycles. The minimum absolute atomic E-state index is 0.548. The fourth-order valence-corrected chi connectivity index (χ4v) is 9.15. The molecule has 0 saturated carbocycles. The monoisotopic (exact) mass is 384 g/mol. The van der Waals surface area contributed by atoms with Crippen LogP contribution in [0.2, 0.25) is 19.6 Å². The molecule has 0 spiro atoms. The van der Waals surface area contributed by atoms with E-state index in [9.17, 15) is 0 Å². The molecule has 0 amide bonds. The van der Waals surface area contributed by atoms with Crippen molar-refractivity contribution >= 4 is 20.8 Å². The molecule has 0 bridgehead atoms. The average molecular weight is 385 g/mol. The summed E-state index contributed by atoms with van der Waals surface area (Å²) in [5, 5.41) is 6.10. The zero-order valence-corrected chi connectivity index (χ0v) is 18.1. The van der Waals surface area contributed by atoms with E-state index in [2.05, 4.69) is 117 Å². The first-order chi connectivity index (χ1) is 13.1. The highest BCUT2D eigenvalue weighted by Gasteiger charge is 2.27. The minimum Gasteiger partial charge on any atom is -0.0774 e. The Hall–Kier alpha value is -2.34. The summed E-state index contributed by atoms with van der Waals surface area (Å²) >= 11 is 0. The fourth-order valence-electron chi connectivity index (χ4n) is 3.63. The maximum atomic E-state index is 2.53. The maximum Gasteiger partial charge on any atom is 0.0789 e. The van der Waals surface area contributed by atoms with E-state index in [-0.39, 0.29) is 0 Å². The van der Waals surface area contributed by atoms with Crippen molar-refractivity contribution in [3.8, 4) is 27.0 Å². The predicted molar refractivity (Wildman–Crippen MR) is 124 cm³/mol. The second kappa shape index (κ2) is 7.35. The Kier molecular flexibility index (Phi) is 4.91. The lowest BCUT2D eigenvalue weighted by atomic mass is 10.1.